The van der Waals surface area contributed by atoms with Gasteiger partial charge in [0.15, 0.2) is 0 Å². The summed E-state index contributed by atoms with van der Waals surface area (Å²) in [6.07, 6.45) is 2.29. The lowest BCUT2D eigenvalue weighted by Gasteiger charge is -2.32. The molecule has 1 atom stereocenters. The van der Waals surface area contributed by atoms with Crippen molar-refractivity contribution in [2.24, 2.45) is 11.3 Å². The minimum atomic E-state index is -0.703. The molecule has 112 valence electrons. The first-order chi connectivity index (χ1) is 9.93. The van der Waals surface area contributed by atoms with Gasteiger partial charge in [0.05, 0.1) is 16.5 Å². The third kappa shape index (κ3) is 2.69. The van der Waals surface area contributed by atoms with Crippen LogP contribution in [0.2, 0.25) is 5.02 Å². The highest BCUT2D eigenvalue weighted by molar-refractivity contribution is 9.10. The number of aliphatic carboxylic acids is 1. The van der Waals surface area contributed by atoms with E-state index in [0.717, 1.165) is 23.7 Å². The molecule has 1 spiro atoms. The highest BCUT2D eigenvalue weighted by Crippen LogP contribution is 2.59. The van der Waals surface area contributed by atoms with Crippen molar-refractivity contribution in [3.8, 4) is 0 Å². The van der Waals surface area contributed by atoms with Crippen molar-refractivity contribution in [3.63, 3.8) is 0 Å². The van der Waals surface area contributed by atoms with E-state index in [1.54, 1.807) is 23.1 Å². The third-order valence-electron chi connectivity index (χ3n) is 4.70. The third-order valence-corrected chi connectivity index (χ3v) is 5.50. The molecule has 0 radical (unpaired) electrons. The number of carbonyl (C=O) groups is 2. The van der Waals surface area contributed by atoms with Crippen molar-refractivity contribution < 1.29 is 14.7 Å². The standard InChI is InChI=1S/C15H15BrClNO3/c16-9-1-2-10(12(17)7-9)13(19)18-5-3-15(4-6-18)8-11(15)14(20)21/h1-2,7,11H,3-6,8H2,(H,20,21). The first-order valence-corrected chi connectivity index (χ1v) is 8.07. The zero-order chi connectivity index (χ0) is 15.2. The van der Waals surface area contributed by atoms with Crippen LogP contribution in [0.3, 0.4) is 0 Å². The van der Waals surface area contributed by atoms with E-state index in [-0.39, 0.29) is 17.2 Å². The van der Waals surface area contributed by atoms with Gasteiger partial charge in [-0.25, -0.2) is 0 Å². The van der Waals surface area contributed by atoms with Crippen LogP contribution >= 0.6 is 27.5 Å². The van der Waals surface area contributed by atoms with Gasteiger partial charge in [0.2, 0.25) is 0 Å². The Bertz CT molecular complexity index is 611. The van der Waals surface area contributed by atoms with Gasteiger partial charge < -0.3 is 10.0 Å². The fourth-order valence-electron chi connectivity index (χ4n) is 3.24. The highest BCUT2D eigenvalue weighted by Gasteiger charge is 2.59. The van der Waals surface area contributed by atoms with Gasteiger partial charge in [0.1, 0.15) is 0 Å². The summed E-state index contributed by atoms with van der Waals surface area (Å²) in [5.74, 6) is -0.994. The molecule has 1 heterocycles. The van der Waals surface area contributed by atoms with Crippen LogP contribution in [0.1, 0.15) is 29.6 Å². The summed E-state index contributed by atoms with van der Waals surface area (Å²) in [5.41, 5.74) is 0.438. The van der Waals surface area contributed by atoms with Crippen LogP contribution in [0.5, 0.6) is 0 Å². The summed E-state index contributed by atoms with van der Waals surface area (Å²) in [7, 11) is 0. The molecule has 1 aliphatic carbocycles. The molecule has 2 aliphatic rings. The predicted molar refractivity (Wildman–Crippen MR) is 82.5 cm³/mol. The van der Waals surface area contributed by atoms with E-state index < -0.39 is 5.97 Å². The number of likely N-dealkylation sites (tertiary alicyclic amines) is 1. The Morgan fingerprint density at radius 3 is 2.52 bits per heavy atom. The minimum absolute atomic E-state index is 0.0634. The second-order valence-corrected chi connectivity index (χ2v) is 7.20. The van der Waals surface area contributed by atoms with Gasteiger partial charge in [-0.1, -0.05) is 27.5 Å². The number of benzene rings is 1. The van der Waals surface area contributed by atoms with Gasteiger partial charge in [-0.2, -0.15) is 0 Å². The van der Waals surface area contributed by atoms with Crippen LogP contribution in [-0.2, 0) is 4.79 Å². The van der Waals surface area contributed by atoms with E-state index in [1.807, 2.05) is 0 Å². The summed E-state index contributed by atoms with van der Waals surface area (Å²) >= 11 is 9.44. The van der Waals surface area contributed by atoms with Crippen molar-refractivity contribution in [1.82, 2.24) is 4.90 Å². The molecule has 1 aromatic carbocycles. The number of carbonyl (C=O) groups excluding carboxylic acids is 1. The van der Waals surface area contributed by atoms with E-state index in [0.29, 0.717) is 23.7 Å². The van der Waals surface area contributed by atoms with E-state index in [4.69, 9.17) is 16.7 Å². The largest absolute Gasteiger partial charge is 0.481 e. The molecule has 1 aliphatic heterocycles. The summed E-state index contributed by atoms with van der Waals surface area (Å²) in [4.78, 5) is 25.3. The van der Waals surface area contributed by atoms with Gasteiger partial charge >= 0.3 is 5.97 Å². The molecular weight excluding hydrogens is 358 g/mol. The molecule has 1 saturated heterocycles. The Kier molecular flexibility index (Phi) is 3.74. The number of rotatable bonds is 2. The summed E-state index contributed by atoms with van der Waals surface area (Å²) in [5, 5.41) is 9.52. The maximum atomic E-state index is 12.5. The van der Waals surface area contributed by atoms with Crippen LogP contribution in [0.15, 0.2) is 22.7 Å². The number of halogens is 2. The fourth-order valence-corrected chi connectivity index (χ4v) is 3.99. The number of carboxylic acids is 1. The molecule has 0 aromatic heterocycles. The molecular formula is C15H15BrClNO3. The first-order valence-electron chi connectivity index (χ1n) is 6.90. The number of nitrogens with zero attached hydrogens (tertiary/aromatic N) is 1. The van der Waals surface area contributed by atoms with Crippen molar-refractivity contribution >= 4 is 39.4 Å². The lowest BCUT2D eigenvalue weighted by molar-refractivity contribution is -0.139. The summed E-state index contributed by atoms with van der Waals surface area (Å²) in [6.45, 7) is 1.21. The normalized spacial score (nSPS) is 23.1. The second kappa shape index (κ2) is 5.29. The molecule has 1 amide bonds. The van der Waals surface area contributed by atoms with Crippen LogP contribution < -0.4 is 0 Å². The average Bonchev–Trinajstić information content (AvgIpc) is 3.13. The molecule has 3 rings (SSSR count). The minimum Gasteiger partial charge on any atom is -0.481 e. The quantitative estimate of drug-likeness (QED) is 0.865. The van der Waals surface area contributed by atoms with Gasteiger partial charge in [0.25, 0.3) is 5.91 Å². The smallest absolute Gasteiger partial charge is 0.307 e. The Morgan fingerprint density at radius 1 is 1.33 bits per heavy atom. The van der Waals surface area contributed by atoms with Crippen LogP contribution in [0.4, 0.5) is 0 Å². The van der Waals surface area contributed by atoms with Gasteiger partial charge in [-0.15, -0.1) is 0 Å². The second-order valence-electron chi connectivity index (χ2n) is 5.87. The van der Waals surface area contributed by atoms with Gasteiger partial charge in [-0.3, -0.25) is 9.59 Å². The van der Waals surface area contributed by atoms with E-state index in [9.17, 15) is 9.59 Å². The molecule has 6 heteroatoms. The lowest BCUT2D eigenvalue weighted by atomic mass is 9.90. The van der Waals surface area contributed by atoms with Gasteiger partial charge in [0, 0.05) is 17.6 Å². The average molecular weight is 373 g/mol. The fraction of sp³-hybridized carbons (Fsp3) is 0.467. The van der Waals surface area contributed by atoms with E-state index >= 15 is 0 Å². The molecule has 1 N–H and O–H groups in total. The number of hydrogen-bond acceptors (Lipinski definition) is 2. The number of hydrogen-bond donors (Lipinski definition) is 1. The Morgan fingerprint density at radius 2 is 2.00 bits per heavy atom. The first kappa shape index (κ1) is 14.9. The van der Waals surface area contributed by atoms with Crippen molar-refractivity contribution in [2.75, 3.05) is 13.1 Å². The SMILES string of the molecule is O=C(O)C1CC12CCN(C(=O)c1ccc(Br)cc1Cl)CC2. The van der Waals surface area contributed by atoms with Crippen LogP contribution in [-0.4, -0.2) is 35.0 Å². The van der Waals surface area contributed by atoms with Crippen molar-refractivity contribution in [3.05, 3.63) is 33.3 Å². The van der Waals surface area contributed by atoms with E-state index in [1.165, 1.54) is 0 Å². The lowest BCUT2D eigenvalue weighted by Crippen LogP contribution is -2.40. The monoisotopic (exact) mass is 371 g/mol. The van der Waals surface area contributed by atoms with Gasteiger partial charge in [-0.05, 0) is 42.9 Å². The molecule has 1 saturated carbocycles. The van der Waals surface area contributed by atoms with Crippen LogP contribution in [0, 0.1) is 11.3 Å². The highest BCUT2D eigenvalue weighted by atomic mass is 79.9. The predicted octanol–water partition coefficient (Wildman–Crippen LogP) is 3.43. The molecule has 0 bridgehead atoms. The number of piperidine rings is 1. The Labute approximate surface area is 136 Å². The topological polar surface area (TPSA) is 57.6 Å². The molecule has 2 fully saturated rings. The van der Waals surface area contributed by atoms with Crippen molar-refractivity contribution in [2.45, 2.75) is 19.3 Å². The summed E-state index contributed by atoms with van der Waals surface area (Å²) < 4.78 is 0.837. The molecule has 1 aromatic rings. The Balaban J connectivity index is 1.67. The summed E-state index contributed by atoms with van der Waals surface area (Å²) in [6, 6.07) is 5.23. The maximum Gasteiger partial charge on any atom is 0.307 e. The molecule has 1 unspecified atom stereocenters. The Hall–Kier alpha value is -1.07. The molecule has 21 heavy (non-hydrogen) atoms. The maximum absolute atomic E-state index is 12.5. The zero-order valence-corrected chi connectivity index (χ0v) is 13.7. The van der Waals surface area contributed by atoms with E-state index in [2.05, 4.69) is 15.9 Å². The number of carboxylic acid groups (broad SMARTS) is 1. The zero-order valence-electron chi connectivity index (χ0n) is 11.3. The number of amides is 1. The van der Waals surface area contributed by atoms with Crippen LogP contribution in [0.25, 0.3) is 0 Å². The van der Waals surface area contributed by atoms with Crippen molar-refractivity contribution in [1.29, 1.82) is 0 Å². The molecule has 4 nitrogen and oxygen atoms in total.